The van der Waals surface area contributed by atoms with Gasteiger partial charge in [0.2, 0.25) is 0 Å². The molecule has 5 nitrogen and oxygen atoms in total. The van der Waals surface area contributed by atoms with E-state index in [9.17, 15) is 0 Å². The van der Waals surface area contributed by atoms with Gasteiger partial charge < -0.3 is 20.3 Å². The number of likely N-dealkylation sites (tertiary alicyclic amines) is 1. The van der Waals surface area contributed by atoms with Crippen LogP contribution in [-0.4, -0.2) is 49.7 Å². The molecule has 0 aromatic heterocycles. The molecule has 1 saturated carbocycles. The summed E-state index contributed by atoms with van der Waals surface area (Å²) in [6.07, 6.45) is 8.07. The highest BCUT2D eigenvalue weighted by Gasteiger charge is 2.27. The second-order valence-electron chi connectivity index (χ2n) is 7.85. The van der Waals surface area contributed by atoms with E-state index < -0.39 is 0 Å². The number of nitrogens with zero attached hydrogens (tertiary/aromatic N) is 2. The van der Waals surface area contributed by atoms with E-state index in [0.29, 0.717) is 12.6 Å². The third-order valence-electron chi connectivity index (χ3n) is 5.93. The predicted molar refractivity (Wildman–Crippen MR) is 113 cm³/mol. The van der Waals surface area contributed by atoms with Crippen LogP contribution in [0.4, 0.5) is 0 Å². The van der Waals surface area contributed by atoms with Gasteiger partial charge in [-0.3, -0.25) is 4.99 Å². The van der Waals surface area contributed by atoms with E-state index in [1.807, 2.05) is 14.0 Å². The van der Waals surface area contributed by atoms with Crippen LogP contribution >= 0.6 is 0 Å². The lowest BCUT2D eigenvalue weighted by Gasteiger charge is -2.36. The summed E-state index contributed by atoms with van der Waals surface area (Å²) in [6, 6.07) is 7.75. The minimum Gasteiger partial charge on any atom is -0.494 e. The molecule has 0 amide bonds. The summed E-state index contributed by atoms with van der Waals surface area (Å²) in [7, 11) is 1.85. The molecule has 1 aliphatic carbocycles. The molecule has 0 unspecified atom stereocenters. The topological polar surface area (TPSA) is 48.9 Å². The first-order chi connectivity index (χ1) is 13.2. The number of hydrogen-bond acceptors (Lipinski definition) is 3. The molecule has 5 heteroatoms. The second-order valence-corrected chi connectivity index (χ2v) is 7.85. The number of aryl methyl sites for hydroxylation is 1. The highest BCUT2D eigenvalue weighted by atomic mass is 16.5. The Morgan fingerprint density at radius 3 is 2.56 bits per heavy atom. The largest absolute Gasteiger partial charge is 0.494 e. The summed E-state index contributed by atoms with van der Waals surface area (Å²) >= 11 is 0. The second kappa shape index (κ2) is 9.98. The molecule has 2 fully saturated rings. The maximum absolute atomic E-state index is 5.62. The summed E-state index contributed by atoms with van der Waals surface area (Å²) in [5.41, 5.74) is 2.42. The molecule has 3 rings (SSSR count). The third kappa shape index (κ3) is 5.61. The number of nitrogens with one attached hydrogen (secondary N) is 2. The maximum atomic E-state index is 5.62. The Labute approximate surface area is 164 Å². The minimum absolute atomic E-state index is 0.524. The fraction of sp³-hybridized carbons (Fsp3) is 0.682. The highest BCUT2D eigenvalue weighted by molar-refractivity contribution is 5.80. The SMILES string of the molecule is CCOc1ccc(CNC(=NC)NC2CCN(C3CCCC3)CC2)cc1C. The molecule has 0 spiro atoms. The van der Waals surface area contributed by atoms with Crippen LogP contribution in [0.2, 0.25) is 0 Å². The molecule has 1 aliphatic heterocycles. The predicted octanol–water partition coefficient (Wildman–Crippen LogP) is 3.47. The van der Waals surface area contributed by atoms with E-state index in [4.69, 9.17) is 4.74 Å². The number of ether oxygens (including phenoxy) is 1. The van der Waals surface area contributed by atoms with E-state index in [1.165, 1.54) is 62.7 Å². The summed E-state index contributed by atoms with van der Waals surface area (Å²) < 4.78 is 5.62. The lowest BCUT2D eigenvalue weighted by molar-refractivity contribution is 0.150. The Morgan fingerprint density at radius 1 is 1.19 bits per heavy atom. The lowest BCUT2D eigenvalue weighted by atomic mass is 10.0. The van der Waals surface area contributed by atoms with Gasteiger partial charge in [-0.25, -0.2) is 0 Å². The van der Waals surface area contributed by atoms with Crippen LogP contribution in [0.1, 0.15) is 56.6 Å². The Morgan fingerprint density at radius 2 is 1.93 bits per heavy atom. The van der Waals surface area contributed by atoms with Gasteiger partial charge in [-0.1, -0.05) is 25.0 Å². The zero-order valence-electron chi connectivity index (χ0n) is 17.3. The van der Waals surface area contributed by atoms with Crippen LogP contribution in [-0.2, 0) is 6.54 Å². The van der Waals surface area contributed by atoms with Crippen molar-refractivity contribution in [1.29, 1.82) is 0 Å². The van der Waals surface area contributed by atoms with Crippen LogP contribution in [0, 0.1) is 6.92 Å². The van der Waals surface area contributed by atoms with Gasteiger partial charge in [0.1, 0.15) is 5.75 Å². The molecule has 2 aliphatic rings. The number of rotatable bonds is 6. The van der Waals surface area contributed by atoms with Gasteiger partial charge in [0.25, 0.3) is 0 Å². The van der Waals surface area contributed by atoms with Gasteiger partial charge in [-0.05, 0) is 56.7 Å². The standard InChI is InChI=1S/C22H36N4O/c1-4-27-21-10-9-18(15-17(21)2)16-24-22(23-3)25-19-11-13-26(14-12-19)20-7-5-6-8-20/h9-10,15,19-20H,4-8,11-14,16H2,1-3H3,(H2,23,24,25). The van der Waals surface area contributed by atoms with Gasteiger partial charge in [-0.15, -0.1) is 0 Å². The number of benzene rings is 1. The third-order valence-corrected chi connectivity index (χ3v) is 5.93. The highest BCUT2D eigenvalue weighted by Crippen LogP contribution is 2.26. The van der Waals surface area contributed by atoms with Crippen LogP contribution in [0.15, 0.2) is 23.2 Å². The molecule has 150 valence electrons. The van der Waals surface area contributed by atoms with Gasteiger partial charge in [0, 0.05) is 38.8 Å². The van der Waals surface area contributed by atoms with Crippen LogP contribution in [0.25, 0.3) is 0 Å². The van der Waals surface area contributed by atoms with E-state index >= 15 is 0 Å². The Bertz CT molecular complexity index is 617. The van der Waals surface area contributed by atoms with E-state index in [-0.39, 0.29) is 0 Å². The van der Waals surface area contributed by atoms with E-state index in [1.54, 1.807) is 0 Å². The van der Waals surface area contributed by atoms with Crippen molar-refractivity contribution in [2.75, 3.05) is 26.7 Å². The Balaban J connectivity index is 1.44. The molecule has 0 radical (unpaired) electrons. The summed E-state index contributed by atoms with van der Waals surface area (Å²) in [5.74, 6) is 1.87. The Hall–Kier alpha value is -1.75. The first-order valence-corrected chi connectivity index (χ1v) is 10.6. The summed E-state index contributed by atoms with van der Waals surface area (Å²) in [5, 5.41) is 7.08. The molecule has 1 aromatic carbocycles. The average Bonchev–Trinajstić information content (AvgIpc) is 3.22. The molecule has 1 heterocycles. The molecule has 0 bridgehead atoms. The van der Waals surface area contributed by atoms with Gasteiger partial charge in [0.05, 0.1) is 6.61 Å². The Kier molecular flexibility index (Phi) is 7.39. The van der Waals surface area contributed by atoms with Crippen LogP contribution in [0.3, 0.4) is 0 Å². The van der Waals surface area contributed by atoms with Crippen molar-refractivity contribution in [2.24, 2.45) is 4.99 Å². The van der Waals surface area contributed by atoms with Crippen molar-refractivity contribution >= 4 is 5.96 Å². The summed E-state index contributed by atoms with van der Waals surface area (Å²) in [6.45, 7) is 8.03. The van der Waals surface area contributed by atoms with Crippen molar-refractivity contribution in [3.63, 3.8) is 0 Å². The monoisotopic (exact) mass is 372 g/mol. The van der Waals surface area contributed by atoms with Gasteiger partial charge in [-0.2, -0.15) is 0 Å². The minimum atomic E-state index is 0.524. The zero-order chi connectivity index (χ0) is 19.1. The summed E-state index contributed by atoms with van der Waals surface area (Å²) in [4.78, 5) is 7.13. The zero-order valence-corrected chi connectivity index (χ0v) is 17.3. The molecule has 0 atom stereocenters. The fourth-order valence-corrected chi connectivity index (χ4v) is 4.39. The molecule has 1 saturated heterocycles. The number of guanidine groups is 1. The van der Waals surface area contributed by atoms with Crippen molar-refractivity contribution in [1.82, 2.24) is 15.5 Å². The lowest BCUT2D eigenvalue weighted by Crippen LogP contribution is -2.50. The first-order valence-electron chi connectivity index (χ1n) is 10.6. The van der Waals surface area contributed by atoms with Gasteiger partial charge in [0.15, 0.2) is 5.96 Å². The smallest absolute Gasteiger partial charge is 0.191 e. The average molecular weight is 373 g/mol. The molecule has 27 heavy (non-hydrogen) atoms. The van der Waals surface area contributed by atoms with Gasteiger partial charge >= 0.3 is 0 Å². The fourth-order valence-electron chi connectivity index (χ4n) is 4.39. The molecular formula is C22H36N4O. The first kappa shape index (κ1) is 20.0. The molecule has 2 N–H and O–H groups in total. The van der Waals surface area contributed by atoms with Crippen molar-refractivity contribution in [2.45, 2.75) is 71.0 Å². The maximum Gasteiger partial charge on any atom is 0.191 e. The normalized spacial score (nSPS) is 20.0. The quantitative estimate of drug-likeness (QED) is 0.593. The number of aliphatic imine (C=N–C) groups is 1. The van der Waals surface area contributed by atoms with Crippen LogP contribution in [0.5, 0.6) is 5.75 Å². The van der Waals surface area contributed by atoms with Crippen molar-refractivity contribution in [3.05, 3.63) is 29.3 Å². The van der Waals surface area contributed by atoms with Crippen molar-refractivity contribution < 1.29 is 4.74 Å². The van der Waals surface area contributed by atoms with E-state index in [0.717, 1.165) is 24.3 Å². The number of hydrogen-bond donors (Lipinski definition) is 2. The molecule has 1 aromatic rings. The molecular weight excluding hydrogens is 336 g/mol. The van der Waals surface area contributed by atoms with Crippen LogP contribution < -0.4 is 15.4 Å². The number of piperidine rings is 1. The van der Waals surface area contributed by atoms with E-state index in [2.05, 4.69) is 45.6 Å². The van der Waals surface area contributed by atoms with Crippen molar-refractivity contribution in [3.8, 4) is 5.75 Å².